The van der Waals surface area contributed by atoms with E-state index in [0.717, 1.165) is 12.1 Å². The minimum Gasteiger partial charge on any atom is -0.348 e. The fourth-order valence-corrected chi connectivity index (χ4v) is 2.56. The van der Waals surface area contributed by atoms with Crippen LogP contribution in [0.3, 0.4) is 0 Å². The number of fused-ring (bicyclic) bond motifs is 1. The molecule has 128 valence electrons. The second-order valence-corrected chi connectivity index (χ2v) is 5.67. The largest absolute Gasteiger partial charge is 0.348 e. The fraction of sp³-hybridized carbons (Fsp3) is 0.167. The summed E-state index contributed by atoms with van der Waals surface area (Å²) in [5, 5.41) is 3.83. The maximum absolute atomic E-state index is 13.3. The Balaban J connectivity index is 1.75. The molecule has 3 rings (SSSR count). The Bertz CT molecular complexity index is 1000. The number of hydrogen-bond donors (Lipinski definition) is 1. The van der Waals surface area contributed by atoms with Gasteiger partial charge in [-0.05, 0) is 36.8 Å². The monoisotopic (exact) mass is 343 g/mol. The van der Waals surface area contributed by atoms with Crippen molar-refractivity contribution in [2.75, 3.05) is 0 Å². The summed E-state index contributed by atoms with van der Waals surface area (Å²) in [5.41, 5.74) is 0.139. The lowest BCUT2D eigenvalue weighted by atomic mass is 10.1. The molecule has 1 amide bonds. The quantitative estimate of drug-likeness (QED) is 0.792. The van der Waals surface area contributed by atoms with E-state index in [0.29, 0.717) is 16.3 Å². The number of aromatic nitrogens is 2. The Morgan fingerprint density at radius 3 is 2.80 bits per heavy atom. The van der Waals surface area contributed by atoms with E-state index in [9.17, 15) is 18.4 Å². The van der Waals surface area contributed by atoms with Gasteiger partial charge in [0, 0.05) is 24.0 Å². The average Bonchev–Trinajstić information content (AvgIpc) is 2.60. The number of hydrogen-bond acceptors (Lipinski definition) is 3. The highest BCUT2D eigenvalue weighted by molar-refractivity contribution is 5.81. The van der Waals surface area contributed by atoms with Crippen LogP contribution in [0, 0.1) is 11.6 Å². The van der Waals surface area contributed by atoms with Crippen LogP contribution in [0.1, 0.15) is 18.5 Å². The maximum atomic E-state index is 13.3. The van der Waals surface area contributed by atoms with Crippen molar-refractivity contribution in [2.24, 2.45) is 0 Å². The molecule has 1 atom stereocenters. The van der Waals surface area contributed by atoms with Crippen LogP contribution >= 0.6 is 0 Å². The fourth-order valence-electron chi connectivity index (χ4n) is 2.56. The second-order valence-electron chi connectivity index (χ2n) is 5.67. The standard InChI is InChI=1S/C18H15F2N3O2/c1-11(12-2-3-15(19)16(20)8-12)22-17(24)10-23-7-5-13-9-21-6-4-14(13)18(23)25/h2-9,11H,10H2,1H3,(H,22,24)/t11-/m0/s1. The summed E-state index contributed by atoms with van der Waals surface area (Å²) in [6, 6.07) is 6.22. The van der Waals surface area contributed by atoms with Crippen molar-refractivity contribution in [3.05, 3.63) is 76.5 Å². The number of amides is 1. The summed E-state index contributed by atoms with van der Waals surface area (Å²) in [7, 11) is 0. The van der Waals surface area contributed by atoms with Gasteiger partial charge in [-0.15, -0.1) is 0 Å². The van der Waals surface area contributed by atoms with Gasteiger partial charge in [0.15, 0.2) is 11.6 Å². The predicted molar refractivity (Wildman–Crippen MR) is 88.9 cm³/mol. The number of benzene rings is 1. The van der Waals surface area contributed by atoms with E-state index in [1.807, 2.05) is 0 Å². The van der Waals surface area contributed by atoms with Gasteiger partial charge in [-0.3, -0.25) is 14.6 Å². The van der Waals surface area contributed by atoms with Gasteiger partial charge < -0.3 is 9.88 Å². The van der Waals surface area contributed by atoms with Gasteiger partial charge >= 0.3 is 0 Å². The molecule has 7 heteroatoms. The average molecular weight is 343 g/mol. The van der Waals surface area contributed by atoms with E-state index in [4.69, 9.17) is 0 Å². The SMILES string of the molecule is C[C@H](NC(=O)Cn1ccc2cnccc2c1=O)c1ccc(F)c(F)c1. The van der Waals surface area contributed by atoms with E-state index in [1.165, 1.54) is 23.0 Å². The molecule has 1 N–H and O–H groups in total. The van der Waals surface area contributed by atoms with Crippen molar-refractivity contribution in [2.45, 2.75) is 19.5 Å². The summed E-state index contributed by atoms with van der Waals surface area (Å²) < 4.78 is 27.6. The van der Waals surface area contributed by atoms with Gasteiger partial charge in [-0.1, -0.05) is 6.07 Å². The zero-order valence-electron chi connectivity index (χ0n) is 13.4. The molecule has 5 nitrogen and oxygen atoms in total. The van der Waals surface area contributed by atoms with Crippen molar-refractivity contribution in [3.63, 3.8) is 0 Å². The van der Waals surface area contributed by atoms with Gasteiger partial charge in [0.2, 0.25) is 5.91 Å². The van der Waals surface area contributed by atoms with Crippen LogP contribution in [-0.2, 0) is 11.3 Å². The summed E-state index contributed by atoms with van der Waals surface area (Å²) in [6.07, 6.45) is 4.61. The highest BCUT2D eigenvalue weighted by Crippen LogP contribution is 2.16. The minimum absolute atomic E-state index is 0.175. The van der Waals surface area contributed by atoms with E-state index in [2.05, 4.69) is 10.3 Å². The third-order valence-electron chi connectivity index (χ3n) is 3.91. The third-order valence-corrected chi connectivity index (χ3v) is 3.91. The van der Waals surface area contributed by atoms with Crippen LogP contribution in [0.15, 0.2) is 53.7 Å². The first-order valence-electron chi connectivity index (χ1n) is 7.63. The van der Waals surface area contributed by atoms with Gasteiger partial charge in [0.1, 0.15) is 6.54 Å². The van der Waals surface area contributed by atoms with Gasteiger partial charge in [-0.2, -0.15) is 0 Å². The third kappa shape index (κ3) is 3.55. The van der Waals surface area contributed by atoms with E-state index < -0.39 is 23.6 Å². The van der Waals surface area contributed by atoms with Gasteiger partial charge in [0.05, 0.1) is 11.4 Å². The zero-order chi connectivity index (χ0) is 18.0. The minimum atomic E-state index is -0.974. The normalized spacial score (nSPS) is 12.1. The molecule has 0 radical (unpaired) electrons. The Hall–Kier alpha value is -3.09. The first-order chi connectivity index (χ1) is 12.0. The van der Waals surface area contributed by atoms with Crippen LogP contribution in [0.5, 0.6) is 0 Å². The Kier molecular flexibility index (Phi) is 4.56. The maximum Gasteiger partial charge on any atom is 0.259 e. The predicted octanol–water partition coefficient (Wildman–Crippen LogP) is 2.55. The molecule has 25 heavy (non-hydrogen) atoms. The van der Waals surface area contributed by atoms with Crippen LogP contribution in [0.4, 0.5) is 8.78 Å². The molecule has 0 aliphatic rings. The molecule has 0 fully saturated rings. The number of carbonyl (C=O) groups is 1. The zero-order valence-corrected chi connectivity index (χ0v) is 13.4. The number of nitrogens with one attached hydrogen (secondary N) is 1. The van der Waals surface area contributed by atoms with Crippen LogP contribution in [-0.4, -0.2) is 15.5 Å². The lowest BCUT2D eigenvalue weighted by Crippen LogP contribution is -2.33. The van der Waals surface area contributed by atoms with Gasteiger partial charge in [-0.25, -0.2) is 8.78 Å². The number of nitrogens with zero attached hydrogens (tertiary/aromatic N) is 2. The molecule has 0 bridgehead atoms. The Morgan fingerprint density at radius 2 is 2.04 bits per heavy atom. The summed E-state index contributed by atoms with van der Waals surface area (Å²) in [4.78, 5) is 28.5. The highest BCUT2D eigenvalue weighted by atomic mass is 19.2. The molecule has 2 heterocycles. The summed E-state index contributed by atoms with van der Waals surface area (Å²) >= 11 is 0. The van der Waals surface area contributed by atoms with Crippen molar-refractivity contribution < 1.29 is 13.6 Å². The number of halogens is 2. The Labute approximate surface area is 141 Å². The molecule has 3 aromatic rings. The van der Waals surface area contributed by atoms with E-state index in [1.54, 1.807) is 25.3 Å². The number of carbonyl (C=O) groups excluding carboxylic acids is 1. The molecular formula is C18H15F2N3O2. The molecule has 0 saturated heterocycles. The molecule has 1 aromatic carbocycles. The highest BCUT2D eigenvalue weighted by Gasteiger charge is 2.13. The molecule has 0 aliphatic heterocycles. The summed E-state index contributed by atoms with van der Waals surface area (Å²) in [6.45, 7) is 1.48. The lowest BCUT2D eigenvalue weighted by Gasteiger charge is -2.15. The van der Waals surface area contributed by atoms with Gasteiger partial charge in [0.25, 0.3) is 5.56 Å². The number of rotatable bonds is 4. The second kappa shape index (κ2) is 6.80. The van der Waals surface area contributed by atoms with E-state index >= 15 is 0 Å². The Morgan fingerprint density at radius 1 is 1.24 bits per heavy atom. The summed E-state index contributed by atoms with van der Waals surface area (Å²) in [5.74, 6) is -2.33. The number of pyridine rings is 2. The molecule has 0 aliphatic carbocycles. The van der Waals surface area contributed by atoms with Crippen LogP contribution in [0.2, 0.25) is 0 Å². The molecule has 0 saturated carbocycles. The topological polar surface area (TPSA) is 64.0 Å². The lowest BCUT2D eigenvalue weighted by molar-refractivity contribution is -0.122. The molecule has 2 aromatic heterocycles. The van der Waals surface area contributed by atoms with Crippen molar-refractivity contribution in [3.8, 4) is 0 Å². The van der Waals surface area contributed by atoms with Crippen molar-refractivity contribution in [1.82, 2.24) is 14.9 Å². The van der Waals surface area contributed by atoms with Crippen LogP contribution in [0.25, 0.3) is 10.8 Å². The first kappa shape index (κ1) is 16.8. The first-order valence-corrected chi connectivity index (χ1v) is 7.63. The van der Waals surface area contributed by atoms with Crippen molar-refractivity contribution in [1.29, 1.82) is 0 Å². The molecular weight excluding hydrogens is 328 g/mol. The smallest absolute Gasteiger partial charge is 0.259 e. The molecule has 0 spiro atoms. The van der Waals surface area contributed by atoms with Crippen molar-refractivity contribution >= 4 is 16.7 Å². The molecule has 0 unspecified atom stereocenters. The van der Waals surface area contributed by atoms with E-state index in [-0.39, 0.29) is 12.1 Å². The van der Waals surface area contributed by atoms with Crippen LogP contribution < -0.4 is 10.9 Å².